The number of amides is 1. The Morgan fingerprint density at radius 3 is 2.22 bits per heavy atom. The third-order valence-corrected chi connectivity index (χ3v) is 5.00. The minimum Gasteiger partial charge on any atom is -0.481 e. The molecule has 1 unspecified atom stereocenters. The van der Waals surface area contributed by atoms with Gasteiger partial charge in [0.2, 0.25) is 0 Å². The number of carbonyl (C=O) groups is 1. The minimum atomic E-state index is -0.460. The van der Waals surface area contributed by atoms with Gasteiger partial charge in [-0.25, -0.2) is 0 Å². The molecule has 1 N–H and O–H groups in total. The summed E-state index contributed by atoms with van der Waals surface area (Å²) < 4.78 is 5.74. The van der Waals surface area contributed by atoms with Gasteiger partial charge in [-0.3, -0.25) is 4.79 Å². The fourth-order valence-electron chi connectivity index (χ4n) is 3.30. The Bertz CT molecular complexity index is 507. The van der Waals surface area contributed by atoms with E-state index in [1.54, 1.807) is 0 Å². The van der Waals surface area contributed by atoms with Gasteiger partial charge in [0.1, 0.15) is 5.75 Å². The third kappa shape index (κ3) is 5.26. The highest BCUT2D eigenvalue weighted by Crippen LogP contribution is 2.37. The van der Waals surface area contributed by atoms with Crippen LogP contribution in [0.25, 0.3) is 0 Å². The van der Waals surface area contributed by atoms with Crippen molar-refractivity contribution in [2.45, 2.75) is 72.4 Å². The summed E-state index contributed by atoms with van der Waals surface area (Å²) in [5.74, 6) is 1.50. The van der Waals surface area contributed by atoms with Gasteiger partial charge in [0.05, 0.1) is 0 Å². The fraction of sp³-hybridized carbons (Fsp3) is 0.650. The maximum atomic E-state index is 12.3. The Morgan fingerprint density at radius 2 is 1.70 bits per heavy atom. The summed E-state index contributed by atoms with van der Waals surface area (Å²) in [5, 5.41) is 3.16. The summed E-state index contributed by atoms with van der Waals surface area (Å²) in [7, 11) is 0. The molecule has 128 valence electrons. The predicted molar refractivity (Wildman–Crippen MR) is 94.6 cm³/mol. The second-order valence-electron chi connectivity index (χ2n) is 8.00. The Kier molecular flexibility index (Phi) is 5.72. The molecule has 0 aromatic heterocycles. The van der Waals surface area contributed by atoms with Gasteiger partial charge in [0.25, 0.3) is 5.91 Å². The normalized spacial score (nSPS) is 23.2. The monoisotopic (exact) mass is 317 g/mol. The SMILES string of the molecule is Cc1ccc(OC(C)C(=O)NC2CCC(C(C)(C)C)CC2)cc1. The molecule has 1 aromatic carbocycles. The Hall–Kier alpha value is -1.51. The minimum absolute atomic E-state index is 0.00946. The lowest BCUT2D eigenvalue weighted by Crippen LogP contribution is -2.44. The molecule has 0 aliphatic heterocycles. The van der Waals surface area contributed by atoms with Crippen molar-refractivity contribution in [1.29, 1.82) is 0 Å². The van der Waals surface area contributed by atoms with E-state index in [0.717, 1.165) is 24.5 Å². The number of benzene rings is 1. The van der Waals surface area contributed by atoms with Crippen molar-refractivity contribution in [2.75, 3.05) is 0 Å². The van der Waals surface area contributed by atoms with Gasteiger partial charge in [-0.1, -0.05) is 38.5 Å². The average Bonchev–Trinajstić information content (AvgIpc) is 2.49. The van der Waals surface area contributed by atoms with Gasteiger partial charge in [-0.2, -0.15) is 0 Å². The molecule has 0 heterocycles. The van der Waals surface area contributed by atoms with E-state index in [0.29, 0.717) is 11.5 Å². The zero-order chi connectivity index (χ0) is 17.0. The maximum absolute atomic E-state index is 12.3. The van der Waals surface area contributed by atoms with Gasteiger partial charge >= 0.3 is 0 Å². The zero-order valence-corrected chi connectivity index (χ0v) is 15.2. The van der Waals surface area contributed by atoms with Crippen LogP contribution in [0.2, 0.25) is 0 Å². The summed E-state index contributed by atoms with van der Waals surface area (Å²) in [6, 6.07) is 8.10. The molecule has 1 aliphatic carbocycles. The van der Waals surface area contributed by atoms with Gasteiger partial charge in [0.15, 0.2) is 6.10 Å². The lowest BCUT2D eigenvalue weighted by molar-refractivity contribution is -0.128. The number of hydrogen-bond acceptors (Lipinski definition) is 2. The van der Waals surface area contributed by atoms with Crippen LogP contribution in [-0.4, -0.2) is 18.1 Å². The largest absolute Gasteiger partial charge is 0.481 e. The molecule has 0 radical (unpaired) electrons. The second-order valence-corrected chi connectivity index (χ2v) is 8.00. The first-order valence-corrected chi connectivity index (χ1v) is 8.79. The van der Waals surface area contributed by atoms with E-state index in [2.05, 4.69) is 26.1 Å². The number of ether oxygens (including phenoxy) is 1. The standard InChI is InChI=1S/C20H31NO2/c1-14-6-12-18(13-7-14)23-15(2)19(22)21-17-10-8-16(9-11-17)20(3,4)5/h6-7,12-13,15-17H,8-11H2,1-5H3,(H,21,22). The fourth-order valence-corrected chi connectivity index (χ4v) is 3.30. The molecule has 1 aliphatic rings. The van der Waals surface area contributed by atoms with Crippen LogP contribution in [0.4, 0.5) is 0 Å². The number of carbonyl (C=O) groups excluding carboxylic acids is 1. The van der Waals surface area contributed by atoms with Crippen LogP contribution >= 0.6 is 0 Å². The number of aryl methyl sites for hydroxylation is 1. The molecule has 2 rings (SSSR count). The lowest BCUT2D eigenvalue weighted by Gasteiger charge is -2.37. The molecule has 23 heavy (non-hydrogen) atoms. The third-order valence-electron chi connectivity index (χ3n) is 5.00. The van der Waals surface area contributed by atoms with Crippen LogP contribution in [0.3, 0.4) is 0 Å². The highest BCUT2D eigenvalue weighted by Gasteiger charge is 2.30. The van der Waals surface area contributed by atoms with Crippen molar-refractivity contribution < 1.29 is 9.53 Å². The van der Waals surface area contributed by atoms with Crippen LogP contribution in [0.15, 0.2) is 24.3 Å². The van der Waals surface area contributed by atoms with Crippen LogP contribution in [0.1, 0.15) is 58.9 Å². The van der Waals surface area contributed by atoms with E-state index in [1.165, 1.54) is 18.4 Å². The van der Waals surface area contributed by atoms with Crippen molar-refractivity contribution in [3.63, 3.8) is 0 Å². The Balaban J connectivity index is 1.79. The van der Waals surface area contributed by atoms with Crippen LogP contribution in [0.5, 0.6) is 5.75 Å². The topological polar surface area (TPSA) is 38.3 Å². The van der Waals surface area contributed by atoms with Crippen molar-refractivity contribution in [2.24, 2.45) is 11.3 Å². The Morgan fingerprint density at radius 1 is 1.13 bits per heavy atom. The molecular weight excluding hydrogens is 286 g/mol. The number of rotatable bonds is 4. The zero-order valence-electron chi connectivity index (χ0n) is 15.2. The molecular formula is C20H31NO2. The summed E-state index contributed by atoms with van der Waals surface area (Å²) >= 11 is 0. The van der Waals surface area contributed by atoms with Crippen LogP contribution in [-0.2, 0) is 4.79 Å². The average molecular weight is 317 g/mol. The first kappa shape index (κ1) is 17.8. The van der Waals surface area contributed by atoms with Crippen LogP contribution < -0.4 is 10.1 Å². The molecule has 1 amide bonds. The van der Waals surface area contributed by atoms with E-state index >= 15 is 0 Å². The summed E-state index contributed by atoms with van der Waals surface area (Å²) in [6.45, 7) is 10.8. The first-order chi connectivity index (χ1) is 10.8. The quantitative estimate of drug-likeness (QED) is 0.889. The van der Waals surface area contributed by atoms with Crippen molar-refractivity contribution >= 4 is 5.91 Å². The van der Waals surface area contributed by atoms with Crippen molar-refractivity contribution in [3.05, 3.63) is 29.8 Å². The summed E-state index contributed by atoms with van der Waals surface area (Å²) in [6.07, 6.45) is 4.08. The Labute approximate surface area is 140 Å². The summed E-state index contributed by atoms with van der Waals surface area (Å²) in [4.78, 5) is 12.3. The molecule has 1 atom stereocenters. The smallest absolute Gasteiger partial charge is 0.260 e. The molecule has 0 spiro atoms. The van der Waals surface area contributed by atoms with E-state index in [4.69, 9.17) is 4.74 Å². The second kappa shape index (κ2) is 7.37. The molecule has 1 aromatic rings. The molecule has 3 heteroatoms. The van der Waals surface area contributed by atoms with E-state index in [-0.39, 0.29) is 5.91 Å². The predicted octanol–water partition coefficient (Wildman–Crippen LogP) is 4.48. The van der Waals surface area contributed by atoms with E-state index in [1.807, 2.05) is 38.1 Å². The molecule has 0 bridgehead atoms. The van der Waals surface area contributed by atoms with Crippen molar-refractivity contribution in [3.8, 4) is 5.75 Å². The van der Waals surface area contributed by atoms with Gasteiger partial charge in [-0.05, 0) is 63.0 Å². The van der Waals surface area contributed by atoms with Crippen LogP contribution in [0, 0.1) is 18.3 Å². The van der Waals surface area contributed by atoms with Gasteiger partial charge in [-0.15, -0.1) is 0 Å². The molecule has 3 nitrogen and oxygen atoms in total. The molecule has 0 saturated heterocycles. The molecule has 1 saturated carbocycles. The maximum Gasteiger partial charge on any atom is 0.260 e. The van der Waals surface area contributed by atoms with Crippen molar-refractivity contribution in [1.82, 2.24) is 5.32 Å². The van der Waals surface area contributed by atoms with E-state index < -0.39 is 6.10 Å². The van der Waals surface area contributed by atoms with Gasteiger partial charge in [0, 0.05) is 6.04 Å². The number of hydrogen-bond donors (Lipinski definition) is 1. The number of nitrogens with one attached hydrogen (secondary N) is 1. The van der Waals surface area contributed by atoms with E-state index in [9.17, 15) is 4.79 Å². The molecule has 1 fully saturated rings. The summed E-state index contributed by atoms with van der Waals surface area (Å²) in [5.41, 5.74) is 1.56. The highest BCUT2D eigenvalue weighted by atomic mass is 16.5. The highest BCUT2D eigenvalue weighted by molar-refractivity contribution is 5.81. The first-order valence-electron chi connectivity index (χ1n) is 8.79. The lowest BCUT2D eigenvalue weighted by atomic mass is 9.71. The van der Waals surface area contributed by atoms with Gasteiger partial charge < -0.3 is 10.1 Å².